The van der Waals surface area contributed by atoms with Crippen LogP contribution < -0.4 is 11.2 Å². The Hall–Kier alpha value is -3.32. The van der Waals surface area contributed by atoms with E-state index in [1.54, 1.807) is 10.8 Å². The summed E-state index contributed by atoms with van der Waals surface area (Å²) in [5.74, 6) is 5.08. The van der Waals surface area contributed by atoms with E-state index in [0.717, 1.165) is 35.3 Å². The molecule has 0 amide bonds. The normalized spacial score (nSPS) is 26.7. The molecule has 0 saturated heterocycles. The SMILES string of the molecule is C#Cc1cn(C(c2ccccc2)c2ccccc2)c(=O)n(CCC23CC4CC(CC(C4)C2)C3)c1=O. The molecule has 35 heavy (non-hydrogen) atoms. The largest absolute Gasteiger partial charge is 0.331 e. The van der Waals surface area contributed by atoms with Gasteiger partial charge in [0.05, 0.1) is 6.04 Å². The number of benzene rings is 2. The summed E-state index contributed by atoms with van der Waals surface area (Å²) in [4.78, 5) is 27.2. The van der Waals surface area contributed by atoms with Crippen molar-refractivity contribution < 1.29 is 0 Å². The molecule has 0 unspecified atom stereocenters. The molecule has 0 aliphatic heterocycles. The van der Waals surface area contributed by atoms with Crippen LogP contribution in [0.4, 0.5) is 0 Å². The smallest absolute Gasteiger partial charge is 0.288 e. The van der Waals surface area contributed by atoms with Gasteiger partial charge < -0.3 is 0 Å². The van der Waals surface area contributed by atoms with Crippen LogP contribution in [0.2, 0.25) is 0 Å². The first kappa shape index (κ1) is 22.2. The molecule has 4 heteroatoms. The van der Waals surface area contributed by atoms with E-state index >= 15 is 0 Å². The van der Waals surface area contributed by atoms with Crippen molar-refractivity contribution in [1.29, 1.82) is 0 Å². The van der Waals surface area contributed by atoms with Gasteiger partial charge in [0.1, 0.15) is 5.56 Å². The maximum Gasteiger partial charge on any atom is 0.331 e. The standard InChI is InChI=1S/C31H32N2O2/c1-2-25-21-33(28(26-9-5-3-6-10-26)27-11-7-4-8-12-27)30(35)32(29(25)34)14-13-31-18-22-15-23(19-31)17-24(16-22)20-31/h1,3-12,21-24,28H,13-20H2. The number of terminal acetylenes is 1. The van der Waals surface area contributed by atoms with Gasteiger partial charge in [-0.15, -0.1) is 6.42 Å². The predicted octanol–water partition coefficient (Wildman–Crippen LogP) is 5.24. The molecule has 4 aliphatic carbocycles. The lowest BCUT2D eigenvalue weighted by molar-refractivity contribution is -0.0594. The second kappa shape index (κ2) is 8.72. The Morgan fingerprint density at radius 1 is 0.857 bits per heavy atom. The van der Waals surface area contributed by atoms with Crippen molar-refractivity contribution >= 4 is 0 Å². The van der Waals surface area contributed by atoms with Crippen LogP contribution >= 0.6 is 0 Å². The molecular formula is C31H32N2O2. The van der Waals surface area contributed by atoms with E-state index in [0.29, 0.717) is 6.54 Å². The van der Waals surface area contributed by atoms with Crippen LogP contribution in [0.25, 0.3) is 0 Å². The van der Waals surface area contributed by atoms with Gasteiger partial charge in [0.15, 0.2) is 0 Å². The van der Waals surface area contributed by atoms with Crippen LogP contribution in [0.3, 0.4) is 0 Å². The lowest BCUT2D eigenvalue weighted by Crippen LogP contribution is -2.48. The van der Waals surface area contributed by atoms with Gasteiger partial charge in [-0.2, -0.15) is 0 Å². The molecule has 178 valence electrons. The molecule has 4 fully saturated rings. The fraction of sp³-hybridized carbons (Fsp3) is 0.419. The van der Waals surface area contributed by atoms with Crippen LogP contribution in [0.15, 0.2) is 76.4 Å². The molecule has 0 radical (unpaired) electrons. The highest BCUT2D eigenvalue weighted by molar-refractivity contribution is 5.35. The van der Waals surface area contributed by atoms with E-state index in [9.17, 15) is 9.59 Å². The highest BCUT2D eigenvalue weighted by Crippen LogP contribution is 2.61. The minimum atomic E-state index is -0.358. The van der Waals surface area contributed by atoms with Gasteiger partial charge in [0.2, 0.25) is 0 Å². The zero-order valence-corrected chi connectivity index (χ0v) is 20.1. The first-order valence-corrected chi connectivity index (χ1v) is 13.0. The van der Waals surface area contributed by atoms with E-state index in [2.05, 4.69) is 5.92 Å². The molecular weight excluding hydrogens is 432 g/mol. The third kappa shape index (κ3) is 3.97. The quantitative estimate of drug-likeness (QED) is 0.469. The van der Waals surface area contributed by atoms with E-state index in [4.69, 9.17) is 6.42 Å². The van der Waals surface area contributed by atoms with Gasteiger partial charge in [-0.3, -0.25) is 13.9 Å². The fourth-order valence-electron chi connectivity index (χ4n) is 7.83. The summed E-state index contributed by atoms with van der Waals surface area (Å²) < 4.78 is 3.09. The van der Waals surface area contributed by atoms with E-state index < -0.39 is 0 Å². The Labute approximate surface area is 206 Å². The number of hydrogen-bond acceptors (Lipinski definition) is 2. The lowest BCUT2D eigenvalue weighted by atomic mass is 9.49. The fourth-order valence-corrected chi connectivity index (χ4v) is 7.83. The zero-order valence-electron chi connectivity index (χ0n) is 20.1. The lowest BCUT2D eigenvalue weighted by Gasteiger charge is -2.57. The third-order valence-electron chi connectivity index (χ3n) is 8.89. The Morgan fingerprint density at radius 2 is 1.37 bits per heavy atom. The molecule has 2 aromatic carbocycles. The average Bonchev–Trinajstić information content (AvgIpc) is 2.86. The topological polar surface area (TPSA) is 44.0 Å². The van der Waals surface area contributed by atoms with Crippen LogP contribution in [0.1, 0.15) is 67.7 Å². The van der Waals surface area contributed by atoms with Crippen LogP contribution in [-0.2, 0) is 6.54 Å². The predicted molar refractivity (Wildman–Crippen MR) is 138 cm³/mol. The maximum atomic E-state index is 13.9. The molecule has 4 bridgehead atoms. The second-order valence-electron chi connectivity index (χ2n) is 11.2. The minimum absolute atomic E-state index is 0.243. The Morgan fingerprint density at radius 3 is 1.86 bits per heavy atom. The number of rotatable bonds is 6. The first-order valence-electron chi connectivity index (χ1n) is 13.0. The van der Waals surface area contributed by atoms with Crippen LogP contribution in [-0.4, -0.2) is 9.13 Å². The Bertz CT molecular complexity index is 1300. The van der Waals surface area contributed by atoms with Gasteiger partial charge in [-0.05, 0) is 79.2 Å². The number of nitrogens with zero attached hydrogens (tertiary/aromatic N) is 2. The molecule has 7 rings (SSSR count). The molecule has 0 atom stereocenters. The number of hydrogen-bond donors (Lipinski definition) is 0. The summed E-state index contributed by atoms with van der Waals surface area (Å²) in [5.41, 5.74) is 1.88. The summed E-state index contributed by atoms with van der Waals surface area (Å²) in [5, 5.41) is 0. The van der Waals surface area contributed by atoms with Crippen molar-refractivity contribution in [3.63, 3.8) is 0 Å². The van der Waals surface area contributed by atoms with Gasteiger partial charge in [-0.1, -0.05) is 66.6 Å². The summed E-state index contributed by atoms with van der Waals surface area (Å²) in [6, 6.07) is 19.5. The molecule has 3 aromatic rings. The highest BCUT2D eigenvalue weighted by atomic mass is 16.2. The Kier molecular flexibility index (Phi) is 5.52. The summed E-state index contributed by atoms with van der Waals surface area (Å²) in [6.07, 6.45) is 16.2. The van der Waals surface area contributed by atoms with Gasteiger partial charge in [-0.25, -0.2) is 4.79 Å². The summed E-state index contributed by atoms with van der Waals surface area (Å²) in [7, 11) is 0. The van der Waals surface area contributed by atoms with Crippen LogP contribution in [0, 0.1) is 35.5 Å². The van der Waals surface area contributed by atoms with Crippen molar-refractivity contribution in [3.8, 4) is 12.3 Å². The van der Waals surface area contributed by atoms with Gasteiger partial charge in [0, 0.05) is 12.7 Å². The van der Waals surface area contributed by atoms with Crippen molar-refractivity contribution in [2.24, 2.45) is 23.2 Å². The van der Waals surface area contributed by atoms with Gasteiger partial charge in [0.25, 0.3) is 5.56 Å². The molecule has 4 saturated carbocycles. The Balaban J connectivity index is 1.41. The minimum Gasteiger partial charge on any atom is -0.288 e. The van der Waals surface area contributed by atoms with E-state index in [1.807, 2.05) is 60.7 Å². The van der Waals surface area contributed by atoms with Gasteiger partial charge >= 0.3 is 5.69 Å². The monoisotopic (exact) mass is 464 g/mol. The molecule has 4 nitrogen and oxygen atoms in total. The molecule has 0 N–H and O–H groups in total. The van der Waals surface area contributed by atoms with Crippen molar-refractivity contribution in [2.75, 3.05) is 0 Å². The average molecular weight is 465 g/mol. The van der Waals surface area contributed by atoms with E-state index in [1.165, 1.54) is 43.1 Å². The summed E-state index contributed by atoms with van der Waals surface area (Å²) in [6.45, 7) is 0.440. The van der Waals surface area contributed by atoms with Crippen LogP contribution in [0.5, 0.6) is 0 Å². The number of aromatic nitrogens is 2. The molecule has 0 spiro atoms. The zero-order chi connectivity index (χ0) is 24.0. The summed E-state index contributed by atoms with van der Waals surface area (Å²) >= 11 is 0. The van der Waals surface area contributed by atoms with Crippen molar-refractivity contribution in [3.05, 3.63) is 104 Å². The van der Waals surface area contributed by atoms with Crippen molar-refractivity contribution in [1.82, 2.24) is 9.13 Å². The van der Waals surface area contributed by atoms with Crippen molar-refractivity contribution in [2.45, 2.75) is 57.5 Å². The second-order valence-corrected chi connectivity index (χ2v) is 11.2. The van der Waals surface area contributed by atoms with E-state index in [-0.39, 0.29) is 28.3 Å². The molecule has 4 aliphatic rings. The third-order valence-corrected chi connectivity index (χ3v) is 8.89. The molecule has 1 aromatic heterocycles. The molecule has 1 heterocycles. The maximum absolute atomic E-state index is 13.9. The first-order chi connectivity index (χ1) is 17.0. The highest BCUT2D eigenvalue weighted by Gasteiger charge is 2.50.